The molecule has 0 saturated heterocycles. The normalized spacial score (nSPS) is 10.8. The third-order valence-corrected chi connectivity index (χ3v) is 2.86. The van der Waals surface area contributed by atoms with E-state index >= 15 is 0 Å². The highest BCUT2D eigenvalue weighted by atomic mass is 19.1. The van der Waals surface area contributed by atoms with E-state index in [1.807, 2.05) is 7.05 Å². The third kappa shape index (κ3) is 1.87. The van der Waals surface area contributed by atoms with Crippen LogP contribution in [0.1, 0.15) is 0 Å². The molecule has 0 aliphatic carbocycles. The Morgan fingerprint density at radius 2 is 2.21 bits per heavy atom. The standard InChI is InChI=1S/C13H11FN4O/c1-18-6-5-16-13(18)11-10(12(15)19-17-11)8-3-2-4-9(14)7-8/h2-7H,15H2,1H3. The molecule has 0 atom stereocenters. The molecular formula is C13H11FN4O. The Labute approximate surface area is 108 Å². The van der Waals surface area contributed by atoms with Gasteiger partial charge in [0.05, 0.1) is 5.56 Å². The van der Waals surface area contributed by atoms with Gasteiger partial charge in [-0.25, -0.2) is 9.37 Å². The predicted octanol–water partition coefficient (Wildman–Crippen LogP) is 2.46. The fourth-order valence-electron chi connectivity index (χ4n) is 1.97. The minimum atomic E-state index is -0.344. The van der Waals surface area contributed by atoms with Gasteiger partial charge in [0.25, 0.3) is 0 Å². The molecule has 0 saturated carbocycles. The molecule has 0 unspecified atom stereocenters. The number of nitrogens with zero attached hydrogens (tertiary/aromatic N) is 3. The average Bonchev–Trinajstić information content (AvgIpc) is 2.95. The van der Waals surface area contributed by atoms with Gasteiger partial charge in [0, 0.05) is 19.4 Å². The second kappa shape index (κ2) is 4.24. The zero-order valence-corrected chi connectivity index (χ0v) is 10.2. The molecule has 96 valence electrons. The molecule has 2 heterocycles. The van der Waals surface area contributed by atoms with Crippen LogP contribution in [0.2, 0.25) is 0 Å². The summed E-state index contributed by atoms with van der Waals surface area (Å²) in [6, 6.07) is 6.11. The Hall–Kier alpha value is -2.63. The van der Waals surface area contributed by atoms with Gasteiger partial charge in [0.2, 0.25) is 5.88 Å². The van der Waals surface area contributed by atoms with Gasteiger partial charge in [-0.3, -0.25) is 0 Å². The number of rotatable bonds is 2. The van der Waals surface area contributed by atoms with Gasteiger partial charge < -0.3 is 14.8 Å². The first-order valence-corrected chi connectivity index (χ1v) is 5.65. The van der Waals surface area contributed by atoms with Crippen LogP contribution >= 0.6 is 0 Å². The third-order valence-electron chi connectivity index (χ3n) is 2.86. The van der Waals surface area contributed by atoms with Crippen LogP contribution in [0, 0.1) is 5.82 Å². The smallest absolute Gasteiger partial charge is 0.230 e. The van der Waals surface area contributed by atoms with Crippen molar-refractivity contribution < 1.29 is 8.91 Å². The Bertz CT molecular complexity index is 732. The van der Waals surface area contributed by atoms with Crippen molar-refractivity contribution in [2.45, 2.75) is 0 Å². The maximum absolute atomic E-state index is 13.3. The van der Waals surface area contributed by atoms with Crippen LogP contribution in [-0.4, -0.2) is 14.7 Å². The highest BCUT2D eigenvalue weighted by Gasteiger charge is 2.20. The summed E-state index contributed by atoms with van der Waals surface area (Å²) in [5, 5.41) is 3.92. The first-order valence-electron chi connectivity index (χ1n) is 5.65. The van der Waals surface area contributed by atoms with Crippen molar-refractivity contribution in [1.29, 1.82) is 0 Å². The Morgan fingerprint density at radius 3 is 2.89 bits per heavy atom. The lowest BCUT2D eigenvalue weighted by Crippen LogP contribution is -1.94. The fourth-order valence-corrected chi connectivity index (χ4v) is 1.97. The summed E-state index contributed by atoms with van der Waals surface area (Å²) in [5.74, 6) is 0.409. The van der Waals surface area contributed by atoms with Crippen molar-refractivity contribution in [3.8, 4) is 22.6 Å². The van der Waals surface area contributed by atoms with Crippen molar-refractivity contribution in [2.75, 3.05) is 5.73 Å². The highest BCUT2D eigenvalue weighted by Crippen LogP contribution is 2.35. The second-order valence-corrected chi connectivity index (χ2v) is 4.14. The van der Waals surface area contributed by atoms with Crippen molar-refractivity contribution in [3.63, 3.8) is 0 Å². The van der Waals surface area contributed by atoms with E-state index in [1.54, 1.807) is 29.1 Å². The van der Waals surface area contributed by atoms with Crippen molar-refractivity contribution in [2.24, 2.45) is 7.05 Å². The quantitative estimate of drug-likeness (QED) is 0.766. The van der Waals surface area contributed by atoms with E-state index in [0.29, 0.717) is 22.6 Å². The number of imidazole rings is 1. The maximum atomic E-state index is 13.3. The van der Waals surface area contributed by atoms with Crippen molar-refractivity contribution in [3.05, 3.63) is 42.5 Å². The summed E-state index contributed by atoms with van der Waals surface area (Å²) in [7, 11) is 1.84. The molecule has 0 aliphatic heterocycles. The summed E-state index contributed by atoms with van der Waals surface area (Å²) in [6.07, 6.45) is 3.44. The Balaban J connectivity index is 2.22. The average molecular weight is 258 g/mol. The zero-order valence-electron chi connectivity index (χ0n) is 10.2. The van der Waals surface area contributed by atoms with E-state index < -0.39 is 0 Å². The Kier molecular flexibility index (Phi) is 2.56. The maximum Gasteiger partial charge on any atom is 0.230 e. The van der Waals surface area contributed by atoms with Gasteiger partial charge in [-0.2, -0.15) is 0 Å². The molecule has 1 aromatic carbocycles. The van der Waals surface area contributed by atoms with Crippen LogP contribution in [0.3, 0.4) is 0 Å². The highest BCUT2D eigenvalue weighted by molar-refractivity contribution is 5.84. The van der Waals surface area contributed by atoms with E-state index in [-0.39, 0.29) is 11.7 Å². The van der Waals surface area contributed by atoms with Gasteiger partial charge >= 0.3 is 0 Å². The van der Waals surface area contributed by atoms with E-state index in [0.717, 1.165) is 0 Å². The molecule has 2 aromatic heterocycles. The lowest BCUT2D eigenvalue weighted by Gasteiger charge is -2.03. The fraction of sp³-hybridized carbons (Fsp3) is 0.0769. The summed E-state index contributed by atoms with van der Waals surface area (Å²) < 4.78 is 20.1. The van der Waals surface area contributed by atoms with Crippen molar-refractivity contribution >= 4 is 5.88 Å². The molecule has 0 spiro atoms. The molecule has 0 fully saturated rings. The summed E-state index contributed by atoms with van der Waals surface area (Å²) in [6.45, 7) is 0. The molecular weight excluding hydrogens is 247 g/mol. The largest absolute Gasteiger partial charge is 0.367 e. The van der Waals surface area contributed by atoms with E-state index in [4.69, 9.17) is 10.3 Å². The molecule has 6 heteroatoms. The minimum absolute atomic E-state index is 0.142. The lowest BCUT2D eigenvalue weighted by atomic mass is 10.1. The molecule has 2 N–H and O–H groups in total. The number of hydrogen-bond acceptors (Lipinski definition) is 4. The number of anilines is 1. The Morgan fingerprint density at radius 1 is 1.37 bits per heavy atom. The topological polar surface area (TPSA) is 69.9 Å². The van der Waals surface area contributed by atoms with Gasteiger partial charge in [-0.1, -0.05) is 17.3 Å². The van der Waals surface area contributed by atoms with Crippen LogP contribution in [0.25, 0.3) is 22.6 Å². The lowest BCUT2D eigenvalue weighted by molar-refractivity contribution is 0.438. The molecule has 19 heavy (non-hydrogen) atoms. The van der Waals surface area contributed by atoms with Crippen LogP contribution < -0.4 is 5.73 Å². The van der Waals surface area contributed by atoms with Gasteiger partial charge in [0.15, 0.2) is 11.5 Å². The summed E-state index contributed by atoms with van der Waals surface area (Å²) in [4.78, 5) is 4.20. The summed E-state index contributed by atoms with van der Waals surface area (Å²) in [5.41, 5.74) is 7.44. The monoisotopic (exact) mass is 258 g/mol. The first-order chi connectivity index (χ1) is 9.16. The number of aryl methyl sites for hydroxylation is 1. The summed E-state index contributed by atoms with van der Waals surface area (Å²) >= 11 is 0. The molecule has 0 bridgehead atoms. The molecule has 0 amide bonds. The SMILES string of the molecule is Cn1ccnc1-c1noc(N)c1-c1cccc(F)c1. The molecule has 0 aliphatic rings. The number of benzene rings is 1. The molecule has 3 rings (SSSR count). The van der Waals surface area contributed by atoms with Crippen molar-refractivity contribution in [1.82, 2.24) is 14.7 Å². The van der Waals surface area contributed by atoms with E-state index in [9.17, 15) is 4.39 Å². The molecule has 3 aromatic rings. The number of nitrogen functional groups attached to an aromatic ring is 1. The van der Waals surface area contributed by atoms with E-state index in [1.165, 1.54) is 12.1 Å². The van der Waals surface area contributed by atoms with Gasteiger partial charge in [-0.05, 0) is 17.7 Å². The number of nitrogens with two attached hydrogens (primary N) is 1. The predicted molar refractivity (Wildman–Crippen MR) is 68.5 cm³/mol. The van der Waals surface area contributed by atoms with Crippen LogP contribution in [0.5, 0.6) is 0 Å². The molecule has 5 nitrogen and oxygen atoms in total. The first kappa shape index (κ1) is 11.5. The van der Waals surface area contributed by atoms with Gasteiger partial charge in [0.1, 0.15) is 5.82 Å². The number of aromatic nitrogens is 3. The van der Waals surface area contributed by atoms with E-state index in [2.05, 4.69) is 10.1 Å². The van der Waals surface area contributed by atoms with Crippen LogP contribution in [-0.2, 0) is 7.05 Å². The minimum Gasteiger partial charge on any atom is -0.367 e. The molecule has 0 radical (unpaired) electrons. The number of hydrogen-bond donors (Lipinski definition) is 1. The van der Waals surface area contributed by atoms with Gasteiger partial charge in [-0.15, -0.1) is 0 Å². The zero-order chi connectivity index (χ0) is 13.4. The van der Waals surface area contributed by atoms with Crippen LogP contribution in [0.15, 0.2) is 41.2 Å². The second-order valence-electron chi connectivity index (χ2n) is 4.14. The van der Waals surface area contributed by atoms with Crippen LogP contribution in [0.4, 0.5) is 10.3 Å². The number of halogens is 1.